The van der Waals surface area contributed by atoms with Crippen molar-refractivity contribution in [1.29, 1.82) is 0 Å². The summed E-state index contributed by atoms with van der Waals surface area (Å²) in [6.45, 7) is 2.26. The second-order valence-electron chi connectivity index (χ2n) is 7.28. The molecule has 5 nitrogen and oxygen atoms in total. The fraction of sp³-hybridized carbons (Fsp3) is 0.632. The third kappa shape index (κ3) is 3.17. The van der Waals surface area contributed by atoms with Crippen LogP contribution in [0.1, 0.15) is 37.7 Å². The molecule has 0 spiro atoms. The first-order chi connectivity index (χ1) is 11.8. The lowest BCUT2D eigenvalue weighted by atomic mass is 9.65. The Balaban J connectivity index is 1.24. The SMILES string of the molecule is CN=C(NCCc1ccc2c(c1)OCO2)NCC1(C2CC2)CCC1. The van der Waals surface area contributed by atoms with Gasteiger partial charge in [-0.15, -0.1) is 0 Å². The summed E-state index contributed by atoms with van der Waals surface area (Å²) in [6, 6.07) is 6.15. The smallest absolute Gasteiger partial charge is 0.231 e. The first kappa shape index (κ1) is 15.6. The topological polar surface area (TPSA) is 54.9 Å². The zero-order valence-electron chi connectivity index (χ0n) is 14.4. The van der Waals surface area contributed by atoms with Crippen LogP contribution < -0.4 is 20.1 Å². The summed E-state index contributed by atoms with van der Waals surface area (Å²) in [5.74, 6) is 3.58. The van der Waals surface area contributed by atoms with Crippen LogP contribution in [0.3, 0.4) is 0 Å². The van der Waals surface area contributed by atoms with Gasteiger partial charge in [-0.3, -0.25) is 4.99 Å². The largest absolute Gasteiger partial charge is 0.454 e. The third-order valence-corrected chi connectivity index (χ3v) is 5.77. The van der Waals surface area contributed by atoms with Crippen LogP contribution in [-0.4, -0.2) is 32.9 Å². The Morgan fingerprint density at radius 1 is 1.21 bits per heavy atom. The van der Waals surface area contributed by atoms with E-state index >= 15 is 0 Å². The summed E-state index contributed by atoms with van der Waals surface area (Å²) in [5.41, 5.74) is 1.81. The summed E-state index contributed by atoms with van der Waals surface area (Å²) in [4.78, 5) is 4.37. The molecule has 0 bridgehead atoms. The molecule has 1 aliphatic heterocycles. The maximum absolute atomic E-state index is 5.43. The molecule has 2 aliphatic carbocycles. The number of benzene rings is 1. The van der Waals surface area contributed by atoms with E-state index in [1.807, 2.05) is 13.1 Å². The fourth-order valence-corrected chi connectivity index (χ4v) is 3.96. The van der Waals surface area contributed by atoms with E-state index in [9.17, 15) is 0 Å². The van der Waals surface area contributed by atoms with Gasteiger partial charge in [-0.25, -0.2) is 0 Å². The molecule has 0 atom stereocenters. The molecule has 0 amide bonds. The van der Waals surface area contributed by atoms with Crippen molar-refractivity contribution in [2.45, 2.75) is 38.5 Å². The van der Waals surface area contributed by atoms with Crippen LogP contribution >= 0.6 is 0 Å². The van der Waals surface area contributed by atoms with Gasteiger partial charge in [-0.2, -0.15) is 0 Å². The Kier molecular flexibility index (Phi) is 4.25. The minimum absolute atomic E-state index is 0.330. The van der Waals surface area contributed by atoms with Gasteiger partial charge in [0.1, 0.15) is 0 Å². The number of hydrogen-bond acceptors (Lipinski definition) is 3. The van der Waals surface area contributed by atoms with Gasteiger partial charge in [-0.1, -0.05) is 12.5 Å². The molecule has 5 heteroatoms. The highest BCUT2D eigenvalue weighted by Crippen LogP contribution is 2.56. The first-order valence-electron chi connectivity index (χ1n) is 9.12. The summed E-state index contributed by atoms with van der Waals surface area (Å²) < 4.78 is 10.8. The van der Waals surface area contributed by atoms with Crippen LogP contribution in [-0.2, 0) is 6.42 Å². The van der Waals surface area contributed by atoms with Crippen molar-refractivity contribution in [3.63, 3.8) is 0 Å². The molecular weight excluding hydrogens is 302 g/mol. The Hall–Kier alpha value is -1.91. The predicted octanol–water partition coefficient (Wildman–Crippen LogP) is 2.70. The van der Waals surface area contributed by atoms with Gasteiger partial charge in [-0.05, 0) is 61.1 Å². The highest BCUT2D eigenvalue weighted by atomic mass is 16.7. The highest BCUT2D eigenvalue weighted by Gasteiger charge is 2.48. The molecule has 130 valence electrons. The number of nitrogens with one attached hydrogen (secondary N) is 2. The van der Waals surface area contributed by atoms with Gasteiger partial charge in [0, 0.05) is 20.1 Å². The van der Waals surface area contributed by atoms with Crippen molar-refractivity contribution in [3.8, 4) is 11.5 Å². The van der Waals surface area contributed by atoms with Crippen LogP contribution in [0.25, 0.3) is 0 Å². The molecule has 0 unspecified atom stereocenters. The zero-order chi connectivity index (χ0) is 16.4. The van der Waals surface area contributed by atoms with Crippen LogP contribution in [0, 0.1) is 11.3 Å². The van der Waals surface area contributed by atoms with Crippen molar-refractivity contribution in [2.24, 2.45) is 16.3 Å². The number of rotatable bonds is 6. The second kappa shape index (κ2) is 6.54. The number of fused-ring (bicyclic) bond motifs is 1. The van der Waals surface area contributed by atoms with Gasteiger partial charge >= 0.3 is 0 Å². The summed E-state index contributed by atoms with van der Waals surface area (Å²) in [6.07, 6.45) is 7.97. The normalized spacial score (nSPS) is 21.3. The van der Waals surface area contributed by atoms with Crippen molar-refractivity contribution in [3.05, 3.63) is 23.8 Å². The fourth-order valence-electron chi connectivity index (χ4n) is 3.96. The first-order valence-corrected chi connectivity index (χ1v) is 9.12. The molecule has 1 aromatic carbocycles. The number of guanidine groups is 1. The molecule has 4 rings (SSSR count). The highest BCUT2D eigenvalue weighted by molar-refractivity contribution is 5.79. The summed E-state index contributed by atoms with van der Waals surface area (Å²) >= 11 is 0. The quantitative estimate of drug-likeness (QED) is 0.622. The standard InChI is InChI=1S/C19H27N3O2/c1-20-18(22-12-19(8-2-9-19)15-4-5-15)21-10-7-14-3-6-16-17(11-14)24-13-23-16/h3,6,11,15H,2,4-5,7-10,12-13H2,1H3,(H2,20,21,22). The van der Waals surface area contributed by atoms with Crippen LogP contribution in [0.5, 0.6) is 11.5 Å². The molecule has 2 fully saturated rings. The van der Waals surface area contributed by atoms with Crippen LogP contribution in [0.4, 0.5) is 0 Å². The van der Waals surface area contributed by atoms with E-state index in [2.05, 4.69) is 27.8 Å². The Bertz CT molecular complexity index is 621. The molecule has 0 radical (unpaired) electrons. The summed E-state index contributed by atoms with van der Waals surface area (Å²) in [7, 11) is 1.85. The molecule has 0 aromatic heterocycles. The number of nitrogens with zero attached hydrogens (tertiary/aromatic N) is 1. The van der Waals surface area contributed by atoms with E-state index in [0.29, 0.717) is 12.2 Å². The lowest BCUT2D eigenvalue weighted by Gasteiger charge is -2.43. The van der Waals surface area contributed by atoms with Gasteiger partial charge in [0.2, 0.25) is 6.79 Å². The lowest BCUT2D eigenvalue weighted by Crippen LogP contribution is -2.47. The van der Waals surface area contributed by atoms with E-state index in [-0.39, 0.29) is 0 Å². The zero-order valence-corrected chi connectivity index (χ0v) is 14.4. The molecule has 3 aliphatic rings. The van der Waals surface area contributed by atoms with E-state index in [1.54, 1.807) is 0 Å². The van der Waals surface area contributed by atoms with Gasteiger partial charge in [0.15, 0.2) is 17.5 Å². The van der Waals surface area contributed by atoms with E-state index in [1.165, 1.54) is 37.7 Å². The molecular formula is C19H27N3O2. The third-order valence-electron chi connectivity index (χ3n) is 5.77. The van der Waals surface area contributed by atoms with E-state index < -0.39 is 0 Å². The lowest BCUT2D eigenvalue weighted by molar-refractivity contribution is 0.106. The molecule has 0 saturated heterocycles. The number of hydrogen-bond donors (Lipinski definition) is 2. The minimum Gasteiger partial charge on any atom is -0.454 e. The van der Waals surface area contributed by atoms with Crippen LogP contribution in [0.15, 0.2) is 23.2 Å². The van der Waals surface area contributed by atoms with Crippen molar-refractivity contribution in [2.75, 3.05) is 26.9 Å². The molecule has 1 aromatic rings. The van der Waals surface area contributed by atoms with Gasteiger partial charge in [0.05, 0.1) is 0 Å². The van der Waals surface area contributed by atoms with Crippen molar-refractivity contribution < 1.29 is 9.47 Å². The van der Waals surface area contributed by atoms with E-state index in [4.69, 9.17) is 9.47 Å². The Morgan fingerprint density at radius 3 is 2.75 bits per heavy atom. The van der Waals surface area contributed by atoms with Crippen molar-refractivity contribution in [1.82, 2.24) is 10.6 Å². The molecule has 1 heterocycles. The molecule has 2 N–H and O–H groups in total. The van der Waals surface area contributed by atoms with E-state index in [0.717, 1.165) is 42.9 Å². The minimum atomic E-state index is 0.330. The Morgan fingerprint density at radius 2 is 2.04 bits per heavy atom. The monoisotopic (exact) mass is 329 g/mol. The molecule has 24 heavy (non-hydrogen) atoms. The maximum Gasteiger partial charge on any atom is 0.231 e. The maximum atomic E-state index is 5.43. The van der Waals surface area contributed by atoms with Crippen molar-refractivity contribution >= 4 is 5.96 Å². The number of aliphatic imine (C=N–C) groups is 1. The molecule has 2 saturated carbocycles. The Labute approximate surface area is 143 Å². The average molecular weight is 329 g/mol. The number of ether oxygens (including phenoxy) is 2. The van der Waals surface area contributed by atoms with Crippen LogP contribution in [0.2, 0.25) is 0 Å². The van der Waals surface area contributed by atoms with Gasteiger partial charge < -0.3 is 20.1 Å². The predicted molar refractivity (Wildman–Crippen MR) is 94.6 cm³/mol. The summed E-state index contributed by atoms with van der Waals surface area (Å²) in [5, 5.41) is 6.99. The second-order valence-corrected chi connectivity index (χ2v) is 7.28. The van der Waals surface area contributed by atoms with Gasteiger partial charge in [0.25, 0.3) is 0 Å². The average Bonchev–Trinajstić information content (AvgIpc) is 3.29.